The van der Waals surface area contributed by atoms with E-state index in [2.05, 4.69) is 4.98 Å². The van der Waals surface area contributed by atoms with Crippen molar-refractivity contribution in [3.05, 3.63) is 63.9 Å². The van der Waals surface area contributed by atoms with Gasteiger partial charge in [0.15, 0.2) is 0 Å². The molecular weight excluding hydrogens is 319 g/mol. The van der Waals surface area contributed by atoms with Gasteiger partial charge in [0.05, 0.1) is 17.6 Å². The molecule has 3 aromatic rings. The molecule has 0 aliphatic carbocycles. The second kappa shape index (κ2) is 5.58. The Morgan fingerprint density at radius 3 is 2.32 bits per heavy atom. The Morgan fingerprint density at radius 2 is 1.68 bits per heavy atom. The Labute approximate surface area is 139 Å². The Morgan fingerprint density at radius 1 is 1.05 bits per heavy atom. The van der Waals surface area contributed by atoms with Gasteiger partial charge in [-0.2, -0.15) is 0 Å². The molecule has 0 radical (unpaired) electrons. The molecule has 0 saturated heterocycles. The van der Waals surface area contributed by atoms with Gasteiger partial charge in [-0.05, 0) is 38.1 Å². The Bertz CT molecular complexity index is 814. The van der Waals surface area contributed by atoms with Crippen LogP contribution in [0.5, 0.6) is 0 Å². The van der Waals surface area contributed by atoms with E-state index in [0.717, 1.165) is 16.6 Å². The van der Waals surface area contributed by atoms with Crippen LogP contribution in [0.3, 0.4) is 0 Å². The zero-order chi connectivity index (χ0) is 15.9. The highest BCUT2D eigenvalue weighted by atomic mass is 35.5. The minimum Gasteiger partial charge on any atom is -0.383 e. The van der Waals surface area contributed by atoms with Gasteiger partial charge < -0.3 is 9.67 Å². The van der Waals surface area contributed by atoms with Crippen LogP contribution >= 0.6 is 23.2 Å². The topological polar surface area (TPSA) is 38.1 Å². The minimum absolute atomic E-state index is 0.457. The standard InChI is InChI=1S/C17H16Cl2N2O/c1-17(2,22)16-20-14-8-3-4-9-15(14)21(16)10-11-12(18)6-5-7-13(11)19/h3-9,22H,10H2,1-2H3. The number of para-hydroxylation sites is 2. The molecular formula is C17H16Cl2N2O. The number of hydrogen-bond donors (Lipinski definition) is 1. The van der Waals surface area contributed by atoms with Crippen molar-refractivity contribution in [3.8, 4) is 0 Å². The Balaban J connectivity index is 2.21. The SMILES string of the molecule is CC(C)(O)c1nc2ccccc2n1Cc1c(Cl)cccc1Cl. The van der Waals surface area contributed by atoms with Gasteiger partial charge in [0, 0.05) is 15.6 Å². The summed E-state index contributed by atoms with van der Waals surface area (Å²) in [7, 11) is 0. The second-order valence-electron chi connectivity index (χ2n) is 5.77. The minimum atomic E-state index is -1.06. The largest absolute Gasteiger partial charge is 0.383 e. The van der Waals surface area contributed by atoms with Gasteiger partial charge in [-0.1, -0.05) is 41.4 Å². The first-order valence-electron chi connectivity index (χ1n) is 6.99. The number of imidazole rings is 1. The van der Waals surface area contributed by atoms with Gasteiger partial charge >= 0.3 is 0 Å². The van der Waals surface area contributed by atoms with Crippen LogP contribution in [0.2, 0.25) is 10.0 Å². The summed E-state index contributed by atoms with van der Waals surface area (Å²) in [4.78, 5) is 4.57. The Hall–Kier alpha value is -1.55. The molecule has 114 valence electrons. The van der Waals surface area contributed by atoms with E-state index in [0.29, 0.717) is 22.4 Å². The third-order valence-corrected chi connectivity index (χ3v) is 4.29. The van der Waals surface area contributed by atoms with E-state index in [-0.39, 0.29) is 0 Å². The Kier molecular flexibility index (Phi) is 3.89. The summed E-state index contributed by atoms with van der Waals surface area (Å²) in [6, 6.07) is 13.2. The number of aliphatic hydroxyl groups is 1. The summed E-state index contributed by atoms with van der Waals surface area (Å²) in [6.07, 6.45) is 0. The average molecular weight is 335 g/mol. The molecule has 1 aromatic heterocycles. The lowest BCUT2D eigenvalue weighted by atomic mass is 10.1. The van der Waals surface area contributed by atoms with E-state index in [1.165, 1.54) is 0 Å². The van der Waals surface area contributed by atoms with Crippen LogP contribution in [0, 0.1) is 0 Å². The molecule has 0 atom stereocenters. The van der Waals surface area contributed by atoms with Crippen LogP contribution in [0.4, 0.5) is 0 Å². The van der Waals surface area contributed by atoms with E-state index in [4.69, 9.17) is 23.2 Å². The van der Waals surface area contributed by atoms with E-state index in [9.17, 15) is 5.11 Å². The number of rotatable bonds is 3. The maximum atomic E-state index is 10.4. The van der Waals surface area contributed by atoms with Crippen LogP contribution in [-0.4, -0.2) is 14.7 Å². The lowest BCUT2D eigenvalue weighted by Gasteiger charge is -2.20. The van der Waals surface area contributed by atoms with Crippen molar-refractivity contribution in [2.75, 3.05) is 0 Å². The molecule has 0 aliphatic rings. The number of fused-ring (bicyclic) bond motifs is 1. The fourth-order valence-electron chi connectivity index (χ4n) is 2.54. The van der Waals surface area contributed by atoms with Crippen molar-refractivity contribution in [3.63, 3.8) is 0 Å². The lowest BCUT2D eigenvalue weighted by Crippen LogP contribution is -2.22. The highest BCUT2D eigenvalue weighted by Crippen LogP contribution is 2.30. The fourth-order valence-corrected chi connectivity index (χ4v) is 3.06. The van der Waals surface area contributed by atoms with Gasteiger partial charge in [-0.15, -0.1) is 0 Å². The predicted molar refractivity (Wildman–Crippen MR) is 90.5 cm³/mol. The molecule has 0 aliphatic heterocycles. The molecule has 0 fully saturated rings. The van der Waals surface area contributed by atoms with Crippen molar-refractivity contribution >= 4 is 34.2 Å². The summed E-state index contributed by atoms with van der Waals surface area (Å²) < 4.78 is 1.96. The number of benzene rings is 2. The highest BCUT2D eigenvalue weighted by molar-refractivity contribution is 6.36. The molecule has 0 saturated carbocycles. The van der Waals surface area contributed by atoms with E-state index >= 15 is 0 Å². The highest BCUT2D eigenvalue weighted by Gasteiger charge is 2.25. The molecule has 22 heavy (non-hydrogen) atoms. The van der Waals surface area contributed by atoms with Crippen LogP contribution in [0.1, 0.15) is 25.2 Å². The van der Waals surface area contributed by atoms with Gasteiger partial charge in [0.2, 0.25) is 0 Å². The predicted octanol–water partition coefficient (Wildman–Crippen LogP) is 4.62. The summed E-state index contributed by atoms with van der Waals surface area (Å²) in [6.45, 7) is 3.90. The summed E-state index contributed by atoms with van der Waals surface area (Å²) in [5.74, 6) is 0.588. The monoisotopic (exact) mass is 334 g/mol. The maximum absolute atomic E-state index is 10.4. The van der Waals surface area contributed by atoms with Crippen LogP contribution in [-0.2, 0) is 12.1 Å². The van der Waals surface area contributed by atoms with Gasteiger partial charge in [0.1, 0.15) is 11.4 Å². The van der Waals surface area contributed by atoms with Crippen molar-refractivity contribution in [1.82, 2.24) is 9.55 Å². The van der Waals surface area contributed by atoms with Crippen molar-refractivity contribution < 1.29 is 5.11 Å². The maximum Gasteiger partial charge on any atom is 0.141 e. The van der Waals surface area contributed by atoms with Crippen LogP contribution in [0.25, 0.3) is 11.0 Å². The van der Waals surface area contributed by atoms with Crippen molar-refractivity contribution in [2.45, 2.75) is 26.0 Å². The average Bonchev–Trinajstić information content (AvgIpc) is 2.82. The zero-order valence-electron chi connectivity index (χ0n) is 12.3. The third-order valence-electron chi connectivity index (χ3n) is 3.58. The molecule has 0 bridgehead atoms. The quantitative estimate of drug-likeness (QED) is 0.758. The van der Waals surface area contributed by atoms with Gasteiger partial charge in [-0.3, -0.25) is 0 Å². The molecule has 3 rings (SSSR count). The number of nitrogens with zero attached hydrogens (tertiary/aromatic N) is 2. The second-order valence-corrected chi connectivity index (χ2v) is 6.58. The molecule has 0 spiro atoms. The van der Waals surface area contributed by atoms with E-state index in [1.54, 1.807) is 13.8 Å². The normalized spacial score (nSPS) is 12.0. The number of hydrogen-bond acceptors (Lipinski definition) is 2. The first-order valence-corrected chi connectivity index (χ1v) is 7.74. The smallest absolute Gasteiger partial charge is 0.141 e. The zero-order valence-corrected chi connectivity index (χ0v) is 13.9. The van der Waals surface area contributed by atoms with Gasteiger partial charge in [0.25, 0.3) is 0 Å². The lowest BCUT2D eigenvalue weighted by molar-refractivity contribution is 0.0657. The van der Waals surface area contributed by atoms with Crippen molar-refractivity contribution in [1.29, 1.82) is 0 Å². The summed E-state index contributed by atoms with van der Waals surface area (Å²) in [5, 5.41) is 11.6. The third kappa shape index (κ3) is 2.72. The fraction of sp³-hybridized carbons (Fsp3) is 0.235. The van der Waals surface area contributed by atoms with E-state index in [1.807, 2.05) is 47.0 Å². The summed E-state index contributed by atoms with van der Waals surface area (Å²) >= 11 is 12.6. The van der Waals surface area contributed by atoms with E-state index < -0.39 is 5.60 Å². The molecule has 3 nitrogen and oxygen atoms in total. The number of aromatic nitrogens is 2. The molecule has 5 heteroatoms. The molecule has 0 unspecified atom stereocenters. The van der Waals surface area contributed by atoms with Gasteiger partial charge in [-0.25, -0.2) is 4.98 Å². The number of halogens is 2. The van der Waals surface area contributed by atoms with Crippen LogP contribution < -0.4 is 0 Å². The summed E-state index contributed by atoms with van der Waals surface area (Å²) in [5.41, 5.74) is 1.53. The first kappa shape index (κ1) is 15.3. The molecule has 2 aromatic carbocycles. The first-order chi connectivity index (χ1) is 10.4. The molecule has 1 heterocycles. The van der Waals surface area contributed by atoms with Crippen LogP contribution in [0.15, 0.2) is 42.5 Å². The molecule has 1 N–H and O–H groups in total. The molecule has 0 amide bonds. The van der Waals surface area contributed by atoms with Crippen molar-refractivity contribution in [2.24, 2.45) is 0 Å².